The Labute approximate surface area is 163 Å². The van der Waals surface area contributed by atoms with Gasteiger partial charge in [-0.15, -0.1) is 0 Å². The molecule has 2 atom stereocenters. The molecule has 1 saturated heterocycles. The highest BCUT2D eigenvalue weighted by atomic mass is 16.6. The largest absolute Gasteiger partial charge is 0.348 e. The number of rotatable bonds is 4. The first-order valence-electron chi connectivity index (χ1n) is 9.14. The van der Waals surface area contributed by atoms with Gasteiger partial charge in [-0.1, -0.05) is 48.0 Å². The maximum Gasteiger partial charge on any atom is 0.269 e. The Hall–Kier alpha value is -3.22. The van der Waals surface area contributed by atoms with Crippen LogP contribution in [0.25, 0.3) is 0 Å². The van der Waals surface area contributed by atoms with Crippen LogP contribution in [0.1, 0.15) is 28.9 Å². The molecule has 1 aliphatic heterocycles. The molecule has 0 amide bonds. The van der Waals surface area contributed by atoms with E-state index in [2.05, 4.69) is 4.90 Å². The van der Waals surface area contributed by atoms with Crippen molar-refractivity contribution < 1.29 is 10.1 Å². The molecule has 28 heavy (non-hydrogen) atoms. The van der Waals surface area contributed by atoms with Crippen LogP contribution in [0.4, 0.5) is 11.4 Å². The second-order valence-corrected chi connectivity index (χ2v) is 7.02. The van der Waals surface area contributed by atoms with Gasteiger partial charge in [0.1, 0.15) is 6.17 Å². The number of hydrogen-bond acceptors (Lipinski definition) is 5. The van der Waals surface area contributed by atoms with Gasteiger partial charge in [0.05, 0.1) is 11.0 Å². The van der Waals surface area contributed by atoms with Gasteiger partial charge in [-0.05, 0) is 42.3 Å². The molecule has 6 nitrogen and oxygen atoms in total. The first-order chi connectivity index (χ1) is 13.5. The van der Waals surface area contributed by atoms with Crippen molar-refractivity contribution in [3.05, 3.63) is 106 Å². The Kier molecular flexibility index (Phi) is 4.81. The van der Waals surface area contributed by atoms with E-state index in [1.54, 1.807) is 12.1 Å². The molecule has 0 bridgehead atoms. The second kappa shape index (κ2) is 7.42. The van der Waals surface area contributed by atoms with Crippen LogP contribution in [0.3, 0.4) is 0 Å². The zero-order valence-electron chi connectivity index (χ0n) is 15.5. The molecular weight excluding hydrogens is 354 g/mol. The van der Waals surface area contributed by atoms with Gasteiger partial charge in [0.15, 0.2) is 0 Å². The van der Waals surface area contributed by atoms with Crippen molar-refractivity contribution in [1.29, 1.82) is 0 Å². The molecule has 3 aromatic carbocycles. The molecule has 6 heteroatoms. The van der Waals surface area contributed by atoms with E-state index in [4.69, 9.17) is 0 Å². The lowest BCUT2D eigenvalue weighted by atomic mass is 10.1. The molecule has 142 valence electrons. The van der Waals surface area contributed by atoms with Crippen molar-refractivity contribution in [2.24, 2.45) is 0 Å². The summed E-state index contributed by atoms with van der Waals surface area (Å²) in [4.78, 5) is 12.7. The van der Waals surface area contributed by atoms with E-state index >= 15 is 0 Å². The summed E-state index contributed by atoms with van der Waals surface area (Å²) in [7, 11) is 0. The number of nitro groups is 1. The monoisotopic (exact) mass is 375 g/mol. The molecule has 1 aliphatic rings. The maximum atomic E-state index is 11.1. The molecule has 0 saturated carbocycles. The number of nitrogens with zero attached hydrogens (tertiary/aromatic N) is 3. The van der Waals surface area contributed by atoms with E-state index in [-0.39, 0.29) is 11.7 Å². The topological polar surface area (TPSA) is 69.8 Å². The van der Waals surface area contributed by atoms with Crippen molar-refractivity contribution in [3.8, 4) is 0 Å². The number of aryl methyl sites for hydroxylation is 1. The van der Waals surface area contributed by atoms with Crippen molar-refractivity contribution in [1.82, 2.24) is 5.06 Å². The molecule has 4 rings (SSSR count). The summed E-state index contributed by atoms with van der Waals surface area (Å²) in [6.45, 7) is 2.64. The average molecular weight is 375 g/mol. The highest BCUT2D eigenvalue weighted by Crippen LogP contribution is 2.42. The predicted molar refractivity (Wildman–Crippen MR) is 107 cm³/mol. The van der Waals surface area contributed by atoms with Gasteiger partial charge in [-0.25, -0.2) is 0 Å². The van der Waals surface area contributed by atoms with Gasteiger partial charge in [-0.2, -0.15) is 5.06 Å². The van der Waals surface area contributed by atoms with Gasteiger partial charge in [0.25, 0.3) is 5.69 Å². The Bertz CT molecular complexity index is 959. The van der Waals surface area contributed by atoms with E-state index in [0.29, 0.717) is 6.54 Å². The molecular formula is C22H21N3O3. The fourth-order valence-electron chi connectivity index (χ4n) is 3.70. The van der Waals surface area contributed by atoms with E-state index in [9.17, 15) is 15.3 Å². The van der Waals surface area contributed by atoms with Crippen molar-refractivity contribution in [2.75, 3.05) is 11.4 Å². The molecule has 2 unspecified atom stereocenters. The minimum Gasteiger partial charge on any atom is -0.348 e. The van der Waals surface area contributed by atoms with E-state index < -0.39 is 11.1 Å². The third kappa shape index (κ3) is 3.35. The van der Waals surface area contributed by atoms with Gasteiger partial charge in [0.2, 0.25) is 0 Å². The molecule has 1 fully saturated rings. The van der Waals surface area contributed by atoms with Crippen LogP contribution in [0.5, 0.6) is 0 Å². The first kappa shape index (κ1) is 18.2. The highest BCUT2D eigenvalue weighted by Gasteiger charge is 2.40. The normalized spacial score (nSPS) is 19.7. The maximum absolute atomic E-state index is 11.1. The molecule has 1 N–H and O–H groups in total. The van der Waals surface area contributed by atoms with Crippen molar-refractivity contribution in [3.63, 3.8) is 0 Å². The molecule has 0 radical (unpaired) electrons. The number of benzene rings is 3. The zero-order valence-corrected chi connectivity index (χ0v) is 15.5. The summed E-state index contributed by atoms with van der Waals surface area (Å²) in [5.74, 6) is 0. The summed E-state index contributed by atoms with van der Waals surface area (Å²) < 4.78 is 0. The van der Waals surface area contributed by atoms with Crippen LogP contribution in [0.2, 0.25) is 0 Å². The number of non-ortho nitro benzene ring substituents is 1. The van der Waals surface area contributed by atoms with Gasteiger partial charge in [0, 0.05) is 24.4 Å². The summed E-state index contributed by atoms with van der Waals surface area (Å²) in [5.41, 5.74) is 4.01. The van der Waals surface area contributed by atoms with E-state index in [1.165, 1.54) is 17.2 Å². The summed E-state index contributed by atoms with van der Waals surface area (Å²) in [5, 5.41) is 23.4. The quantitative estimate of drug-likeness (QED) is 0.521. The van der Waals surface area contributed by atoms with Crippen LogP contribution in [0, 0.1) is 17.0 Å². The zero-order chi connectivity index (χ0) is 19.7. The minimum atomic E-state index is -0.436. The predicted octanol–water partition coefficient (Wildman–Crippen LogP) is 4.85. The number of anilines is 1. The van der Waals surface area contributed by atoms with E-state index in [1.807, 2.05) is 61.5 Å². The first-order valence-corrected chi connectivity index (χ1v) is 9.14. The Morgan fingerprint density at radius 1 is 0.929 bits per heavy atom. The molecule has 0 aromatic heterocycles. The van der Waals surface area contributed by atoms with Gasteiger partial charge < -0.3 is 10.1 Å². The lowest BCUT2D eigenvalue weighted by molar-refractivity contribution is -0.384. The third-order valence-electron chi connectivity index (χ3n) is 5.19. The highest BCUT2D eigenvalue weighted by molar-refractivity contribution is 5.52. The van der Waals surface area contributed by atoms with Gasteiger partial charge >= 0.3 is 0 Å². The number of nitro benzene ring substituents is 1. The fourth-order valence-corrected chi connectivity index (χ4v) is 3.70. The van der Waals surface area contributed by atoms with Crippen LogP contribution in [0.15, 0.2) is 78.9 Å². The van der Waals surface area contributed by atoms with Crippen LogP contribution < -0.4 is 4.90 Å². The average Bonchev–Trinajstić information content (AvgIpc) is 3.06. The van der Waals surface area contributed by atoms with Crippen molar-refractivity contribution in [2.45, 2.75) is 19.1 Å². The van der Waals surface area contributed by atoms with Gasteiger partial charge in [-0.3, -0.25) is 10.1 Å². The Morgan fingerprint density at radius 3 is 2.18 bits per heavy atom. The molecule has 0 spiro atoms. The fraction of sp³-hybridized carbons (Fsp3) is 0.182. The van der Waals surface area contributed by atoms with Crippen LogP contribution >= 0.6 is 0 Å². The number of hydroxylamine groups is 2. The lowest BCUT2D eigenvalue weighted by Gasteiger charge is -2.29. The smallest absolute Gasteiger partial charge is 0.269 e. The minimum absolute atomic E-state index is 0.0349. The summed E-state index contributed by atoms with van der Waals surface area (Å²) >= 11 is 0. The lowest BCUT2D eigenvalue weighted by Crippen LogP contribution is -2.29. The molecule has 0 aliphatic carbocycles. The Balaban J connectivity index is 1.74. The molecule has 1 heterocycles. The SMILES string of the molecule is Cc1ccc(N2CC(c3ccccc3)N(O)C2c2ccc([N+](=O)[O-])cc2)cc1. The van der Waals surface area contributed by atoms with Crippen molar-refractivity contribution >= 4 is 11.4 Å². The third-order valence-corrected chi connectivity index (χ3v) is 5.19. The molecule has 3 aromatic rings. The standard InChI is InChI=1S/C22H21N3O3/c1-16-7-11-19(12-8-16)23-15-21(17-5-3-2-4-6-17)24(26)22(23)18-9-13-20(14-10-18)25(27)28/h2-14,21-22,26H,15H2,1H3. The summed E-state index contributed by atoms with van der Waals surface area (Å²) in [6.07, 6.45) is -0.436. The van der Waals surface area contributed by atoms with E-state index in [0.717, 1.165) is 22.4 Å². The van der Waals surface area contributed by atoms with Crippen LogP contribution in [-0.2, 0) is 0 Å². The Morgan fingerprint density at radius 2 is 1.57 bits per heavy atom. The summed E-state index contributed by atoms with van der Waals surface area (Å²) in [6, 6.07) is 24.2. The number of hydrogen-bond donors (Lipinski definition) is 1. The van der Waals surface area contributed by atoms with Crippen LogP contribution in [-0.4, -0.2) is 21.7 Å². The second-order valence-electron chi connectivity index (χ2n) is 7.02.